The molecule has 0 aliphatic carbocycles. The van der Waals surface area contributed by atoms with Gasteiger partial charge in [0, 0.05) is 6.07 Å². The van der Waals surface area contributed by atoms with E-state index in [0.717, 1.165) is 0 Å². The van der Waals surface area contributed by atoms with Crippen LogP contribution in [0, 0.1) is 10.1 Å². The first-order valence-corrected chi connectivity index (χ1v) is 6.96. The van der Waals surface area contributed by atoms with Crippen LogP contribution < -0.4 is 15.2 Å². The van der Waals surface area contributed by atoms with Crippen LogP contribution in [0.1, 0.15) is 17.2 Å². The minimum atomic E-state index is -0.506. The molecular formula is C16H18N2O5. The second kappa shape index (κ2) is 7.57. The lowest BCUT2D eigenvalue weighted by atomic mass is 10.1. The van der Waals surface area contributed by atoms with E-state index in [1.165, 1.54) is 13.2 Å². The summed E-state index contributed by atoms with van der Waals surface area (Å²) in [7, 11) is 1.49. The van der Waals surface area contributed by atoms with Crippen LogP contribution in [0.2, 0.25) is 0 Å². The molecule has 7 heteroatoms. The Balaban J connectivity index is 2.19. The number of nitro benzene ring substituents is 1. The highest BCUT2D eigenvalue weighted by Crippen LogP contribution is 2.31. The molecule has 0 bridgehead atoms. The maximum Gasteiger partial charge on any atom is 0.276 e. The van der Waals surface area contributed by atoms with Gasteiger partial charge in [-0.25, -0.2) is 0 Å². The minimum absolute atomic E-state index is 0.00499. The number of hydrogen-bond acceptors (Lipinski definition) is 6. The van der Waals surface area contributed by atoms with Crippen LogP contribution in [0.5, 0.6) is 11.5 Å². The maximum absolute atomic E-state index is 11.0. The third-order valence-electron chi connectivity index (χ3n) is 3.38. The topological polar surface area (TPSA) is 108 Å². The Morgan fingerprint density at radius 2 is 2.00 bits per heavy atom. The first-order chi connectivity index (χ1) is 11.1. The van der Waals surface area contributed by atoms with Crippen molar-refractivity contribution in [2.24, 2.45) is 5.73 Å². The Morgan fingerprint density at radius 1 is 1.26 bits per heavy atom. The number of hydrogen-bond donors (Lipinski definition) is 2. The molecule has 0 fully saturated rings. The zero-order valence-corrected chi connectivity index (χ0v) is 12.6. The summed E-state index contributed by atoms with van der Waals surface area (Å²) in [5.74, 6) is 0.893. The van der Waals surface area contributed by atoms with Crippen molar-refractivity contribution in [2.45, 2.75) is 12.6 Å². The molecule has 122 valence electrons. The van der Waals surface area contributed by atoms with E-state index in [1.807, 2.05) is 0 Å². The van der Waals surface area contributed by atoms with E-state index >= 15 is 0 Å². The SMILES string of the molecule is COc1cc([C@@H](N)CO)ccc1OCc1ccccc1[N+](=O)[O-]. The van der Waals surface area contributed by atoms with E-state index in [2.05, 4.69) is 0 Å². The molecule has 0 amide bonds. The van der Waals surface area contributed by atoms with Crippen LogP contribution in [-0.2, 0) is 6.61 Å². The molecule has 0 aliphatic heterocycles. The standard InChI is InChI=1S/C16H18N2O5/c1-22-16-8-11(13(17)9-19)6-7-15(16)23-10-12-4-2-3-5-14(12)18(20)21/h2-8,13,19H,9-10,17H2,1H3/t13-/m0/s1. The number of nitrogens with two attached hydrogens (primary N) is 1. The molecule has 2 aromatic rings. The highest BCUT2D eigenvalue weighted by atomic mass is 16.6. The number of aliphatic hydroxyl groups is 1. The Bertz CT molecular complexity index is 690. The summed E-state index contributed by atoms with van der Waals surface area (Å²) in [5.41, 5.74) is 6.95. The Hall–Kier alpha value is -2.64. The molecule has 0 aromatic heterocycles. The molecule has 0 saturated carbocycles. The van der Waals surface area contributed by atoms with Crippen molar-refractivity contribution in [3.05, 3.63) is 63.7 Å². The number of nitrogens with zero attached hydrogens (tertiary/aromatic N) is 1. The summed E-state index contributed by atoms with van der Waals surface area (Å²) in [4.78, 5) is 10.6. The van der Waals surface area contributed by atoms with Crippen molar-refractivity contribution in [3.8, 4) is 11.5 Å². The highest BCUT2D eigenvalue weighted by Gasteiger charge is 2.15. The van der Waals surface area contributed by atoms with E-state index in [1.54, 1.807) is 36.4 Å². The van der Waals surface area contributed by atoms with E-state index in [4.69, 9.17) is 20.3 Å². The molecule has 3 N–H and O–H groups in total. The Labute approximate surface area is 133 Å². The number of methoxy groups -OCH3 is 1. The van der Waals surface area contributed by atoms with Gasteiger partial charge in [0.05, 0.1) is 30.2 Å². The van der Waals surface area contributed by atoms with Crippen molar-refractivity contribution in [2.75, 3.05) is 13.7 Å². The van der Waals surface area contributed by atoms with Gasteiger partial charge in [0.1, 0.15) is 6.61 Å². The number of nitro groups is 1. The minimum Gasteiger partial charge on any atom is -0.493 e. The lowest BCUT2D eigenvalue weighted by Gasteiger charge is -2.14. The highest BCUT2D eigenvalue weighted by molar-refractivity contribution is 5.45. The van der Waals surface area contributed by atoms with Crippen LogP contribution in [0.25, 0.3) is 0 Å². The molecule has 23 heavy (non-hydrogen) atoms. The van der Waals surface area contributed by atoms with Gasteiger partial charge in [0.25, 0.3) is 5.69 Å². The van der Waals surface area contributed by atoms with Crippen LogP contribution in [0.15, 0.2) is 42.5 Å². The normalized spacial score (nSPS) is 11.8. The Kier molecular flexibility index (Phi) is 5.51. The Morgan fingerprint density at radius 3 is 2.65 bits per heavy atom. The third kappa shape index (κ3) is 3.97. The molecule has 0 radical (unpaired) electrons. The summed E-state index contributed by atoms with van der Waals surface area (Å²) in [5, 5.41) is 20.1. The molecule has 0 saturated heterocycles. The second-order valence-electron chi connectivity index (χ2n) is 4.87. The third-order valence-corrected chi connectivity index (χ3v) is 3.38. The van der Waals surface area contributed by atoms with Gasteiger partial charge in [-0.05, 0) is 23.8 Å². The van der Waals surface area contributed by atoms with Gasteiger partial charge >= 0.3 is 0 Å². The second-order valence-corrected chi connectivity index (χ2v) is 4.87. The summed E-state index contributed by atoms with van der Waals surface area (Å²) in [6.07, 6.45) is 0. The monoisotopic (exact) mass is 318 g/mol. The van der Waals surface area contributed by atoms with Gasteiger partial charge < -0.3 is 20.3 Å². The van der Waals surface area contributed by atoms with Crippen molar-refractivity contribution in [1.29, 1.82) is 0 Å². The zero-order chi connectivity index (χ0) is 16.8. The number of para-hydroxylation sites is 1. The summed E-state index contributed by atoms with van der Waals surface area (Å²) in [6, 6.07) is 10.9. The average molecular weight is 318 g/mol. The van der Waals surface area contributed by atoms with Crippen molar-refractivity contribution >= 4 is 5.69 Å². The van der Waals surface area contributed by atoms with Crippen LogP contribution in [-0.4, -0.2) is 23.7 Å². The van der Waals surface area contributed by atoms with Crippen LogP contribution in [0.4, 0.5) is 5.69 Å². The van der Waals surface area contributed by atoms with Crippen LogP contribution >= 0.6 is 0 Å². The first kappa shape index (κ1) is 16.7. The van der Waals surface area contributed by atoms with Crippen molar-refractivity contribution < 1.29 is 19.5 Å². The van der Waals surface area contributed by atoms with Crippen molar-refractivity contribution in [3.63, 3.8) is 0 Å². The molecule has 1 atom stereocenters. The number of rotatable bonds is 7. The predicted octanol–water partition coefficient (Wildman–Crippen LogP) is 2.17. The molecule has 7 nitrogen and oxygen atoms in total. The first-order valence-electron chi connectivity index (χ1n) is 6.96. The fraction of sp³-hybridized carbons (Fsp3) is 0.250. The molecule has 0 heterocycles. The van der Waals surface area contributed by atoms with E-state index in [-0.39, 0.29) is 18.9 Å². The summed E-state index contributed by atoms with van der Waals surface area (Å²) >= 11 is 0. The number of aliphatic hydroxyl groups excluding tert-OH is 1. The maximum atomic E-state index is 11.0. The predicted molar refractivity (Wildman–Crippen MR) is 84.4 cm³/mol. The molecule has 0 aliphatic rings. The number of benzene rings is 2. The van der Waals surface area contributed by atoms with E-state index in [9.17, 15) is 10.1 Å². The lowest BCUT2D eigenvalue weighted by molar-refractivity contribution is -0.385. The van der Waals surface area contributed by atoms with Crippen LogP contribution in [0.3, 0.4) is 0 Å². The summed E-state index contributed by atoms with van der Waals surface area (Å²) in [6.45, 7) is -0.140. The molecular weight excluding hydrogens is 300 g/mol. The van der Waals surface area contributed by atoms with E-state index < -0.39 is 11.0 Å². The fourth-order valence-corrected chi connectivity index (χ4v) is 2.11. The van der Waals surface area contributed by atoms with Gasteiger partial charge in [-0.2, -0.15) is 0 Å². The van der Waals surface area contributed by atoms with Crippen molar-refractivity contribution in [1.82, 2.24) is 0 Å². The zero-order valence-electron chi connectivity index (χ0n) is 12.6. The molecule has 2 aromatic carbocycles. The molecule has 0 unspecified atom stereocenters. The average Bonchev–Trinajstić information content (AvgIpc) is 2.59. The van der Waals surface area contributed by atoms with E-state index in [0.29, 0.717) is 22.6 Å². The smallest absolute Gasteiger partial charge is 0.276 e. The summed E-state index contributed by atoms with van der Waals surface area (Å²) < 4.78 is 10.9. The number of ether oxygens (including phenoxy) is 2. The molecule has 2 rings (SSSR count). The largest absolute Gasteiger partial charge is 0.493 e. The lowest BCUT2D eigenvalue weighted by Crippen LogP contribution is -2.14. The van der Waals surface area contributed by atoms with Gasteiger partial charge in [0.15, 0.2) is 11.5 Å². The van der Waals surface area contributed by atoms with Gasteiger partial charge in [-0.15, -0.1) is 0 Å². The fourth-order valence-electron chi connectivity index (χ4n) is 2.11. The quantitative estimate of drug-likeness (QED) is 0.598. The van der Waals surface area contributed by atoms with Gasteiger partial charge in [-0.1, -0.05) is 18.2 Å². The van der Waals surface area contributed by atoms with Gasteiger partial charge in [0.2, 0.25) is 0 Å². The molecule has 0 spiro atoms. The van der Waals surface area contributed by atoms with Gasteiger partial charge in [-0.3, -0.25) is 10.1 Å².